The molecule has 10 nitrogen and oxygen atoms in total. The molecule has 116 heavy (non-hydrogen) atoms. The lowest BCUT2D eigenvalue weighted by Crippen LogP contribution is -2.58. The first kappa shape index (κ1) is 113. The van der Waals surface area contributed by atoms with Gasteiger partial charge in [0.05, 0.1) is 0 Å². The maximum Gasteiger partial charge on any atom is 0.509 e. The highest BCUT2D eigenvalue weighted by atomic mass is 28.3. The van der Waals surface area contributed by atoms with E-state index in [2.05, 4.69) is 52.4 Å². The zero-order chi connectivity index (χ0) is 80.4. The first-order chi connectivity index (χ1) is 49.9. The van der Waals surface area contributed by atoms with Crippen molar-refractivity contribution in [2.75, 3.05) is 28.4 Å². The first-order valence-corrected chi connectivity index (χ1v) is 52.5. The Morgan fingerprint density at radius 3 is 0.819 bits per heavy atom. The van der Waals surface area contributed by atoms with Crippen LogP contribution in [0.25, 0.3) is 0 Å². The maximum atomic E-state index is 13.5. The number of hydrogen-bond acceptors (Lipinski definition) is 10. The Morgan fingerprint density at radius 2 is 0.586 bits per heavy atom. The number of rotatable bonds is 13. The van der Waals surface area contributed by atoms with Gasteiger partial charge >= 0.3 is 37.0 Å². The molecule has 0 spiro atoms. The lowest BCUT2D eigenvalue weighted by atomic mass is 9.65. The number of aliphatic hydroxyl groups is 3. The number of halogens is 15. The molecule has 0 radical (unpaired) electrons. The minimum absolute atomic E-state index is 0. The van der Waals surface area contributed by atoms with E-state index in [4.69, 9.17) is 27.2 Å². The standard InChI is InChI=1S/C20H29F3O3.C16H20F6O.C16H23F3O.C15H21F3O.4C3H10OSi.8CH4/c1-19(2,3)26-18(24)25-15(20(21,22)23)9-12-7-13-8-14(12)17-11-5-4-10(6-11)16(13)17;17-15(18,19)14(23,16(20,21)22)6-10-4-9-5-11(10)13-8-2-1-7(3-8)12(9)13;1-15(20,16(17,18)19)7-11-5-10-6-12(11)14-9-3-2-8(4-9)13(10)14;16-15(17,18)12(19)6-9-4-10-5-11(9)14-8-2-1-7(3-8)13(10)14;4*1-4-5(2)3;;;;;;;;/h10-17H,4-9H2,1-3H3;7-13,23H,1-6H2;8-14,20H,2-7H2,1H3;7-14,19H,1-6H2;4*5H,1-3H3;8*1H4. The van der Waals surface area contributed by atoms with Gasteiger partial charge in [-0.2, -0.15) is 65.9 Å². The van der Waals surface area contributed by atoms with Gasteiger partial charge in [0.15, 0.2) is 41.8 Å². The molecule has 0 aromatic heterocycles. The number of alkyl halides is 15. The van der Waals surface area contributed by atoms with Crippen LogP contribution in [0.5, 0.6) is 0 Å². The molecular weight excluding hydrogens is 1600 g/mol. The van der Waals surface area contributed by atoms with E-state index < -0.39 is 115 Å². The van der Waals surface area contributed by atoms with E-state index in [1.807, 2.05) is 0 Å². The van der Waals surface area contributed by atoms with E-state index in [0.717, 1.165) is 118 Å². The van der Waals surface area contributed by atoms with E-state index in [1.54, 1.807) is 49.2 Å². The summed E-state index contributed by atoms with van der Waals surface area (Å²) in [6, 6.07) is 0. The van der Waals surface area contributed by atoms with Gasteiger partial charge in [-0.15, -0.1) is 0 Å². The number of fused-ring (bicyclic) bond motifs is 36. The Hall–Kier alpha value is -1.19. The van der Waals surface area contributed by atoms with Crippen LogP contribution in [0.1, 0.15) is 241 Å². The van der Waals surface area contributed by atoms with Gasteiger partial charge in [-0.3, -0.25) is 0 Å². The summed E-state index contributed by atoms with van der Waals surface area (Å²) in [6.07, 6.45) is -9.10. The van der Waals surface area contributed by atoms with Gasteiger partial charge in [0.2, 0.25) is 6.10 Å². The van der Waals surface area contributed by atoms with Gasteiger partial charge < -0.3 is 42.5 Å². The third kappa shape index (κ3) is 25.1. The van der Waals surface area contributed by atoms with Gasteiger partial charge in [-0.1, -0.05) is 59.4 Å². The predicted molar refractivity (Wildman–Crippen MR) is 449 cm³/mol. The van der Waals surface area contributed by atoms with Gasteiger partial charge in [-0.05, 0) is 400 Å². The minimum atomic E-state index is -5.68. The lowest BCUT2D eigenvalue weighted by molar-refractivity contribution is -0.373. The van der Waals surface area contributed by atoms with Crippen molar-refractivity contribution in [2.24, 2.45) is 166 Å². The number of ether oxygens (including phenoxy) is 2. The third-order valence-corrected chi connectivity index (χ3v) is 34.3. The van der Waals surface area contributed by atoms with Gasteiger partial charge in [0.25, 0.3) is 5.60 Å². The van der Waals surface area contributed by atoms with E-state index >= 15 is 0 Å². The van der Waals surface area contributed by atoms with E-state index in [0.29, 0.717) is 83.4 Å². The highest BCUT2D eigenvalue weighted by Gasteiger charge is 2.73. The van der Waals surface area contributed by atoms with Crippen LogP contribution in [-0.2, 0) is 27.2 Å². The lowest BCUT2D eigenvalue weighted by Gasteiger charge is -2.42. The molecule has 0 aromatic rings. The second kappa shape index (κ2) is 43.8. The second-order valence-corrected chi connectivity index (χ2v) is 49.2. The summed E-state index contributed by atoms with van der Waals surface area (Å²) in [7, 11) is 4.44. The van der Waals surface area contributed by atoms with E-state index in [-0.39, 0.29) is 108 Å². The average molecular weight is 1770 g/mol. The fraction of sp³-hybridized carbons (Fsp3) is 0.989. The maximum absolute atomic E-state index is 13.5. The Balaban J connectivity index is 0.000000703. The van der Waals surface area contributed by atoms with Crippen LogP contribution in [0.3, 0.4) is 0 Å². The van der Waals surface area contributed by atoms with Crippen LogP contribution in [-0.4, -0.2) is 146 Å². The van der Waals surface area contributed by atoms with Gasteiger partial charge in [0.1, 0.15) is 11.7 Å². The van der Waals surface area contributed by atoms with Crippen LogP contribution < -0.4 is 0 Å². The number of carbonyl (C=O) groups is 1. The molecule has 3 N–H and O–H groups in total. The summed E-state index contributed by atoms with van der Waals surface area (Å²) in [5.41, 5.74) is -7.94. The minimum Gasteiger partial charge on any atom is -0.429 e. The first-order valence-electron chi connectivity index (χ1n) is 41.3. The van der Waals surface area contributed by atoms with Crippen molar-refractivity contribution >= 4 is 42.3 Å². The Morgan fingerprint density at radius 1 is 0.345 bits per heavy atom. The topological polar surface area (TPSA) is 133 Å². The van der Waals surface area contributed by atoms with Crippen LogP contribution in [0.4, 0.5) is 70.7 Å². The number of aliphatic hydroxyl groups excluding tert-OH is 1. The zero-order valence-electron chi connectivity index (χ0n) is 67.0. The molecule has 0 aromatic carbocycles. The molecule has 694 valence electrons. The van der Waals surface area contributed by atoms with Crippen LogP contribution in [0.15, 0.2) is 0 Å². The van der Waals surface area contributed by atoms with Crippen molar-refractivity contribution in [1.82, 2.24) is 0 Å². The van der Waals surface area contributed by atoms with Crippen LogP contribution >= 0.6 is 0 Å². The molecule has 31 atom stereocenters. The molecule has 16 rings (SSSR count). The largest absolute Gasteiger partial charge is 0.509 e. The molecule has 31 unspecified atom stereocenters. The molecule has 16 bridgehead atoms. The average Bonchev–Trinajstić information content (AvgIpc) is 1.57. The predicted octanol–water partition coefficient (Wildman–Crippen LogP) is 25.3. The van der Waals surface area contributed by atoms with Crippen molar-refractivity contribution in [3.05, 3.63) is 0 Å². The van der Waals surface area contributed by atoms with Gasteiger partial charge in [0, 0.05) is 28.4 Å². The fourth-order valence-electron chi connectivity index (χ4n) is 26.6. The molecular formula is C87H165F15O10Si4. The van der Waals surface area contributed by atoms with Crippen molar-refractivity contribution in [1.29, 1.82) is 0 Å². The smallest absolute Gasteiger partial charge is 0.429 e. The second-order valence-electron chi connectivity index (χ2n) is 38.9. The molecule has 16 saturated carbocycles. The summed E-state index contributed by atoms with van der Waals surface area (Å²) in [6.45, 7) is 22.9. The Labute approximate surface area is 699 Å². The van der Waals surface area contributed by atoms with Crippen molar-refractivity contribution in [2.45, 2.75) is 353 Å². The third-order valence-electron chi connectivity index (χ3n) is 30.6. The van der Waals surface area contributed by atoms with Crippen molar-refractivity contribution < 1.29 is 113 Å². The highest BCUT2D eigenvalue weighted by molar-refractivity contribution is 6.49. The van der Waals surface area contributed by atoms with Crippen LogP contribution in [0.2, 0.25) is 52.4 Å². The summed E-state index contributed by atoms with van der Waals surface area (Å²) >= 11 is 0. The molecule has 0 saturated heterocycles. The summed E-state index contributed by atoms with van der Waals surface area (Å²) in [5, 5.41) is 28.6. The molecule has 29 heteroatoms. The Kier molecular flexibility index (Phi) is 42.6. The molecule has 16 aliphatic carbocycles. The SMILES string of the molecule is C.C.C.C.C.C.C.C.CC(C)(C)OC(=O)OC(CC1CC2CC1C1C3CCC(C3)C21)C(F)(F)F.CC(O)(CC1CC2CC1C1C3CCC(C3)C21)C(F)(F)F.CO[SiH](C)C.CO[SiH](C)C.CO[SiH](C)C.CO[SiH](C)C.OC(CC1CC2CC1C1C3CCC(C3)C21)(C(F)(F)F)C(F)(F)F.OC(CC1CC2CC1C1C3CCC(C3)C21)C(F)(F)F. The highest BCUT2D eigenvalue weighted by Crippen LogP contribution is 2.74. The monoisotopic (exact) mass is 1770 g/mol. The molecule has 0 amide bonds. The van der Waals surface area contributed by atoms with E-state index in [1.165, 1.54) is 64.2 Å². The summed E-state index contributed by atoms with van der Waals surface area (Å²) in [5.74, 6) is 14.5. The quantitative estimate of drug-likeness (QED) is 0.0708. The Bertz CT molecular complexity index is 2820. The molecule has 16 fully saturated rings. The summed E-state index contributed by atoms with van der Waals surface area (Å²) < 4.78 is 224. The number of hydrogen-bond donors (Lipinski definition) is 3. The molecule has 16 aliphatic rings. The van der Waals surface area contributed by atoms with Crippen molar-refractivity contribution in [3.63, 3.8) is 0 Å². The van der Waals surface area contributed by atoms with Crippen LogP contribution in [0, 0.1) is 166 Å². The fourth-order valence-corrected chi connectivity index (χ4v) is 26.6. The van der Waals surface area contributed by atoms with E-state index in [9.17, 15) is 86.0 Å². The molecule has 0 aliphatic heterocycles. The van der Waals surface area contributed by atoms with Gasteiger partial charge in [-0.25, -0.2) is 4.79 Å². The zero-order valence-corrected chi connectivity index (χ0v) is 71.6. The van der Waals surface area contributed by atoms with Crippen molar-refractivity contribution in [3.8, 4) is 0 Å². The summed E-state index contributed by atoms with van der Waals surface area (Å²) in [4.78, 5) is 11.8. The molecule has 0 heterocycles. The number of carbonyl (C=O) groups excluding carboxylic acids is 1. The normalized spacial score (nSPS) is 37.8.